The van der Waals surface area contributed by atoms with Crippen LogP contribution < -0.4 is 22.1 Å². The summed E-state index contributed by atoms with van der Waals surface area (Å²) >= 11 is 5.30. The smallest absolute Gasteiger partial charge is 0.271 e. The monoisotopic (exact) mass is 587 g/mol. The topological polar surface area (TPSA) is 149 Å². The average molecular weight is 587 g/mol. The number of hydrogen-bond donors (Lipinski definition) is 4. The fourth-order valence-corrected chi connectivity index (χ4v) is 3.77. The van der Waals surface area contributed by atoms with Gasteiger partial charge in [-0.2, -0.15) is 4.37 Å². The zero-order valence-electron chi connectivity index (χ0n) is 13.3. The summed E-state index contributed by atoms with van der Waals surface area (Å²) in [6.07, 6.45) is 0.485. The van der Waals surface area contributed by atoms with Crippen molar-refractivity contribution in [2.24, 2.45) is 11.5 Å². The van der Waals surface area contributed by atoms with Crippen molar-refractivity contribution in [3.8, 4) is 0 Å². The lowest BCUT2D eigenvalue weighted by molar-refractivity contribution is -0.118. The van der Waals surface area contributed by atoms with Crippen LogP contribution in [-0.4, -0.2) is 32.2 Å². The lowest BCUT2D eigenvalue weighted by Crippen LogP contribution is -2.35. The first-order valence-electron chi connectivity index (χ1n) is 7.06. The Bertz CT molecular complexity index is 827. The molecule has 134 valence electrons. The molecule has 6 N–H and O–H groups in total. The molecule has 0 aromatic carbocycles. The predicted molar refractivity (Wildman–Crippen MR) is 113 cm³/mol. The fraction of sp³-hybridized carbons (Fsp3) is 0.308. The molecule has 0 radical (unpaired) electrons. The van der Waals surface area contributed by atoms with E-state index in [1.807, 2.05) is 36.4 Å². The van der Waals surface area contributed by atoms with Crippen molar-refractivity contribution in [1.29, 1.82) is 0 Å². The molecule has 25 heavy (non-hydrogen) atoms. The van der Waals surface area contributed by atoms with E-state index in [4.69, 9.17) is 11.5 Å². The summed E-state index contributed by atoms with van der Waals surface area (Å²) in [5, 5.41) is 6.72. The Morgan fingerprint density at radius 3 is 2.40 bits per heavy atom. The predicted octanol–water partition coefficient (Wildman–Crippen LogP) is 1.97. The first kappa shape index (κ1) is 20.0. The molecule has 0 saturated heterocycles. The summed E-state index contributed by atoms with van der Waals surface area (Å²) in [5.74, 6) is -0.676. The van der Waals surface area contributed by atoms with Gasteiger partial charge in [-0.3, -0.25) is 9.59 Å². The third-order valence-corrected chi connectivity index (χ3v) is 6.46. The van der Waals surface area contributed by atoms with Crippen molar-refractivity contribution in [3.63, 3.8) is 0 Å². The van der Waals surface area contributed by atoms with Crippen molar-refractivity contribution in [1.82, 2.24) is 14.3 Å². The minimum atomic E-state index is -0.711. The molecule has 2 aromatic rings. The van der Waals surface area contributed by atoms with Crippen LogP contribution in [0.2, 0.25) is 0 Å². The Balaban J connectivity index is 2.45. The third kappa shape index (κ3) is 4.66. The Labute approximate surface area is 175 Å². The number of hydrogen-bond acceptors (Lipinski definition) is 8. The highest BCUT2D eigenvalue weighted by molar-refractivity contribution is 14.1. The van der Waals surface area contributed by atoms with E-state index in [1.165, 1.54) is 11.5 Å². The van der Waals surface area contributed by atoms with Crippen molar-refractivity contribution >= 4 is 85.2 Å². The second-order valence-corrected chi connectivity index (χ2v) is 7.84. The number of nitrogens with zero attached hydrogens (tertiary/aromatic N) is 3. The number of carbonyl (C=O) groups excluding carboxylic acids is 2. The second-order valence-electron chi connectivity index (χ2n) is 4.97. The van der Waals surface area contributed by atoms with Crippen LogP contribution in [0.3, 0.4) is 0 Å². The van der Waals surface area contributed by atoms with Crippen molar-refractivity contribution in [2.45, 2.75) is 26.3 Å². The highest BCUT2D eigenvalue weighted by atomic mass is 127. The second kappa shape index (κ2) is 8.39. The average Bonchev–Trinajstić information content (AvgIpc) is 2.86. The Morgan fingerprint density at radius 2 is 1.92 bits per heavy atom. The molecule has 2 aromatic heterocycles. The highest BCUT2D eigenvalue weighted by Gasteiger charge is 2.21. The quantitative estimate of drug-likeness (QED) is 0.362. The van der Waals surface area contributed by atoms with Gasteiger partial charge in [0, 0.05) is 0 Å². The van der Waals surface area contributed by atoms with Crippen molar-refractivity contribution < 1.29 is 9.59 Å². The lowest BCUT2D eigenvalue weighted by atomic mass is 10.2. The molecule has 0 bridgehead atoms. The maximum atomic E-state index is 11.7. The number of halogens is 2. The van der Waals surface area contributed by atoms with Crippen LogP contribution in [0, 0.1) is 14.2 Å². The summed E-state index contributed by atoms with van der Waals surface area (Å²) in [7, 11) is 0. The number of nitrogens with two attached hydrogens (primary N) is 2. The van der Waals surface area contributed by atoms with E-state index in [2.05, 4.69) is 47.6 Å². The van der Waals surface area contributed by atoms with Gasteiger partial charge >= 0.3 is 0 Å². The molecule has 1 atom stereocenters. The largest absolute Gasteiger partial charge is 0.368 e. The molecule has 0 aliphatic heterocycles. The van der Waals surface area contributed by atoms with Crippen LogP contribution in [0.1, 0.15) is 29.5 Å². The van der Waals surface area contributed by atoms with Gasteiger partial charge in [-0.05, 0) is 70.1 Å². The molecule has 2 heterocycles. The standard InChI is InChI=1S/C13H15I2N7O2S/c1-3-5(9(16)23)18-12-8(15)19-7(10(17)24)11(20-12)21-13-6(14)4(2)22-25-13/h5H,3H2,1-2H3,(H2,16,23)(H2,17,24)(H2,18,20,21)/t5-/m1/s1. The SMILES string of the molecule is CC[C@@H](Nc1nc(Nc2snc(C)c2I)c(C(N)=O)nc1I)C(N)=O. The van der Waals surface area contributed by atoms with Gasteiger partial charge in [-0.1, -0.05) is 6.92 Å². The summed E-state index contributed by atoms with van der Waals surface area (Å²) in [4.78, 5) is 31.8. The molecular formula is C13H15I2N7O2S. The summed E-state index contributed by atoms with van der Waals surface area (Å²) in [5.41, 5.74) is 11.6. The molecule has 0 aliphatic carbocycles. The summed E-state index contributed by atoms with van der Waals surface area (Å²) in [6, 6.07) is -0.596. The van der Waals surface area contributed by atoms with Gasteiger partial charge in [0.05, 0.1) is 9.26 Å². The molecule has 0 unspecified atom stereocenters. The van der Waals surface area contributed by atoms with Crippen LogP contribution in [0.15, 0.2) is 0 Å². The zero-order valence-corrected chi connectivity index (χ0v) is 18.4. The van der Waals surface area contributed by atoms with Crippen LogP contribution in [0.5, 0.6) is 0 Å². The molecule has 0 aliphatic rings. The van der Waals surface area contributed by atoms with Crippen LogP contribution in [0.4, 0.5) is 16.6 Å². The number of primary amides is 2. The normalized spacial score (nSPS) is 11.8. The number of anilines is 3. The van der Waals surface area contributed by atoms with E-state index in [1.54, 1.807) is 0 Å². The van der Waals surface area contributed by atoms with E-state index in [-0.39, 0.29) is 11.5 Å². The van der Waals surface area contributed by atoms with E-state index < -0.39 is 17.9 Å². The molecule has 12 heteroatoms. The van der Waals surface area contributed by atoms with Gasteiger partial charge in [0.1, 0.15) is 14.7 Å². The van der Waals surface area contributed by atoms with Crippen LogP contribution in [-0.2, 0) is 4.79 Å². The van der Waals surface area contributed by atoms with Gasteiger partial charge in [0.15, 0.2) is 17.3 Å². The number of rotatable bonds is 7. The molecule has 2 rings (SSSR count). The van der Waals surface area contributed by atoms with Gasteiger partial charge in [-0.15, -0.1) is 0 Å². The van der Waals surface area contributed by atoms with Crippen LogP contribution in [0.25, 0.3) is 0 Å². The van der Waals surface area contributed by atoms with E-state index in [0.717, 1.165) is 14.3 Å². The van der Waals surface area contributed by atoms with Gasteiger partial charge in [-0.25, -0.2) is 9.97 Å². The molecule has 0 spiro atoms. The minimum Gasteiger partial charge on any atom is -0.368 e. The number of aryl methyl sites for hydroxylation is 1. The first-order valence-corrected chi connectivity index (χ1v) is 9.99. The molecule has 0 saturated carbocycles. The Morgan fingerprint density at radius 1 is 1.24 bits per heavy atom. The maximum Gasteiger partial charge on any atom is 0.271 e. The molecular weight excluding hydrogens is 572 g/mol. The van der Waals surface area contributed by atoms with E-state index in [9.17, 15) is 9.59 Å². The third-order valence-electron chi connectivity index (χ3n) is 3.17. The number of nitrogens with one attached hydrogen (secondary N) is 2. The fourth-order valence-electron chi connectivity index (χ4n) is 1.85. The van der Waals surface area contributed by atoms with Crippen molar-refractivity contribution in [2.75, 3.05) is 10.6 Å². The Hall–Kier alpha value is -1.29. The van der Waals surface area contributed by atoms with Crippen LogP contribution >= 0.6 is 56.7 Å². The van der Waals surface area contributed by atoms with Gasteiger partial charge in [0.25, 0.3) is 5.91 Å². The number of carbonyl (C=O) groups is 2. The molecule has 9 nitrogen and oxygen atoms in total. The van der Waals surface area contributed by atoms with Gasteiger partial charge in [0.2, 0.25) is 5.91 Å². The summed E-state index contributed by atoms with van der Waals surface area (Å²) in [6.45, 7) is 3.70. The minimum absolute atomic E-state index is 0.00364. The highest BCUT2D eigenvalue weighted by Crippen LogP contribution is 2.30. The first-order chi connectivity index (χ1) is 11.7. The lowest BCUT2D eigenvalue weighted by Gasteiger charge is -2.16. The number of amides is 2. The zero-order chi connectivity index (χ0) is 18.7. The van der Waals surface area contributed by atoms with Gasteiger partial charge < -0.3 is 22.1 Å². The molecule has 0 fully saturated rings. The van der Waals surface area contributed by atoms with Crippen molar-refractivity contribution in [3.05, 3.63) is 18.7 Å². The Kier molecular flexibility index (Phi) is 6.72. The summed E-state index contributed by atoms with van der Waals surface area (Å²) < 4.78 is 5.56. The number of aromatic nitrogens is 3. The van der Waals surface area contributed by atoms with E-state index in [0.29, 0.717) is 15.9 Å². The maximum absolute atomic E-state index is 11.7. The van der Waals surface area contributed by atoms with E-state index >= 15 is 0 Å². The molecule has 2 amide bonds.